The van der Waals surface area contributed by atoms with Crippen LogP contribution in [0.3, 0.4) is 0 Å². The first-order valence-corrected chi connectivity index (χ1v) is 8.21. The number of amides is 1. The van der Waals surface area contributed by atoms with Crippen LogP contribution >= 0.6 is 0 Å². The summed E-state index contributed by atoms with van der Waals surface area (Å²) in [7, 11) is -4.03. The fraction of sp³-hybridized carbons (Fsp3) is 0.357. The maximum absolute atomic E-state index is 13.3. The number of hydrogen-bond donors (Lipinski definition) is 2. The van der Waals surface area contributed by atoms with Crippen LogP contribution in [-0.4, -0.2) is 14.3 Å². The summed E-state index contributed by atoms with van der Waals surface area (Å²) < 4.78 is 36.3. The van der Waals surface area contributed by atoms with Gasteiger partial charge in [-0.15, -0.1) is 0 Å². The van der Waals surface area contributed by atoms with Crippen LogP contribution < -0.4 is 10.5 Å². The van der Waals surface area contributed by atoms with Crippen molar-refractivity contribution in [1.29, 1.82) is 0 Å². The lowest BCUT2D eigenvalue weighted by molar-refractivity contribution is -0.120. The van der Waals surface area contributed by atoms with Gasteiger partial charge >= 0.3 is 0 Å². The molecule has 21 heavy (non-hydrogen) atoms. The van der Waals surface area contributed by atoms with Crippen molar-refractivity contribution in [2.45, 2.75) is 17.7 Å². The number of anilines is 1. The number of carbonyl (C=O) groups excluding carboxylic acids is 1. The lowest BCUT2D eigenvalue weighted by Gasteiger charge is -2.18. The first-order valence-electron chi connectivity index (χ1n) is 6.66. The highest BCUT2D eigenvalue weighted by Gasteiger charge is 2.40. The Balaban J connectivity index is 1.86. The van der Waals surface area contributed by atoms with E-state index in [0.717, 1.165) is 31.0 Å². The number of rotatable bonds is 3. The summed E-state index contributed by atoms with van der Waals surface area (Å²) in [4.78, 5) is 12.0. The number of sulfonamides is 1. The third kappa shape index (κ3) is 2.71. The van der Waals surface area contributed by atoms with E-state index in [9.17, 15) is 17.6 Å². The molecule has 2 aliphatic carbocycles. The van der Waals surface area contributed by atoms with E-state index in [1.54, 1.807) is 0 Å². The number of halogens is 1. The number of hydrogen-bond acceptors (Lipinski definition) is 3. The summed E-state index contributed by atoms with van der Waals surface area (Å²) >= 11 is 0. The Hall–Kier alpha value is -1.73. The second kappa shape index (κ2) is 4.92. The molecular formula is C14H15FN2O3S. The lowest BCUT2D eigenvalue weighted by atomic mass is 9.93. The maximum atomic E-state index is 13.3. The van der Waals surface area contributed by atoms with E-state index < -0.39 is 15.8 Å². The molecule has 1 aromatic rings. The van der Waals surface area contributed by atoms with Crippen LogP contribution in [0, 0.1) is 23.6 Å². The van der Waals surface area contributed by atoms with Crippen LogP contribution in [0.15, 0.2) is 35.2 Å². The van der Waals surface area contributed by atoms with Crippen molar-refractivity contribution in [3.05, 3.63) is 36.2 Å². The summed E-state index contributed by atoms with van der Waals surface area (Å²) in [6, 6.07) is 3.03. The maximum Gasteiger partial charge on any atom is 0.240 e. The van der Waals surface area contributed by atoms with Crippen molar-refractivity contribution in [3.8, 4) is 0 Å². The van der Waals surface area contributed by atoms with E-state index in [1.165, 1.54) is 0 Å². The summed E-state index contributed by atoms with van der Waals surface area (Å²) in [6.07, 6.45) is 5.81. The number of primary sulfonamides is 1. The molecule has 5 nitrogen and oxygen atoms in total. The van der Waals surface area contributed by atoms with Crippen molar-refractivity contribution in [2.75, 3.05) is 5.32 Å². The third-order valence-corrected chi connectivity index (χ3v) is 5.09. The molecule has 3 N–H and O–H groups in total. The molecule has 0 heterocycles. The Bertz CT molecular complexity index is 730. The molecule has 1 fully saturated rings. The molecular weight excluding hydrogens is 295 g/mol. The molecule has 7 heteroatoms. The van der Waals surface area contributed by atoms with Crippen molar-refractivity contribution >= 4 is 21.6 Å². The van der Waals surface area contributed by atoms with Crippen LogP contribution in [0.2, 0.25) is 0 Å². The Morgan fingerprint density at radius 1 is 1.29 bits per heavy atom. The molecule has 3 rings (SSSR count). The van der Waals surface area contributed by atoms with E-state index in [4.69, 9.17) is 5.14 Å². The number of fused-ring (bicyclic) bond motifs is 2. The van der Waals surface area contributed by atoms with Gasteiger partial charge in [0, 0.05) is 5.92 Å². The zero-order valence-electron chi connectivity index (χ0n) is 11.1. The lowest BCUT2D eigenvalue weighted by Crippen LogP contribution is -2.27. The number of allylic oxidation sites excluding steroid dienone is 2. The summed E-state index contributed by atoms with van der Waals surface area (Å²) in [5.41, 5.74) is -0.103. The molecule has 1 aromatic carbocycles. The smallest absolute Gasteiger partial charge is 0.240 e. The second-order valence-electron chi connectivity index (χ2n) is 5.56. The zero-order chi connectivity index (χ0) is 15.2. The summed E-state index contributed by atoms with van der Waals surface area (Å²) in [5, 5.41) is 7.60. The number of benzene rings is 1. The first-order chi connectivity index (χ1) is 9.84. The van der Waals surface area contributed by atoms with E-state index in [-0.39, 0.29) is 28.3 Å². The van der Waals surface area contributed by atoms with Crippen LogP contribution in [-0.2, 0) is 14.8 Å². The number of carbonyl (C=O) groups is 1. The Morgan fingerprint density at radius 3 is 2.62 bits per heavy atom. The van der Waals surface area contributed by atoms with Gasteiger partial charge in [-0.2, -0.15) is 0 Å². The average Bonchev–Trinajstić information content (AvgIpc) is 2.99. The normalized spacial score (nSPS) is 27.0. The summed E-state index contributed by atoms with van der Waals surface area (Å²) in [5.74, 6) is -0.526. The van der Waals surface area contributed by atoms with E-state index >= 15 is 0 Å². The van der Waals surface area contributed by atoms with Crippen molar-refractivity contribution in [2.24, 2.45) is 22.9 Å². The molecule has 0 saturated heterocycles. The first kappa shape index (κ1) is 14.2. The number of nitrogens with two attached hydrogens (primary N) is 1. The molecule has 0 radical (unpaired) electrons. The van der Waals surface area contributed by atoms with Crippen molar-refractivity contribution < 1.29 is 17.6 Å². The van der Waals surface area contributed by atoms with Gasteiger partial charge in [-0.1, -0.05) is 12.2 Å². The van der Waals surface area contributed by atoms with Crippen molar-refractivity contribution in [1.82, 2.24) is 0 Å². The molecule has 2 aliphatic rings. The molecule has 0 aliphatic heterocycles. The van der Waals surface area contributed by atoms with Crippen molar-refractivity contribution in [3.63, 3.8) is 0 Å². The fourth-order valence-corrected chi connectivity index (χ4v) is 3.83. The predicted molar refractivity (Wildman–Crippen MR) is 75.2 cm³/mol. The molecule has 3 atom stereocenters. The minimum absolute atomic E-state index is 0.103. The average molecular weight is 310 g/mol. The fourth-order valence-electron chi connectivity index (χ4n) is 3.16. The van der Waals surface area contributed by atoms with Crippen LogP contribution in [0.25, 0.3) is 0 Å². The zero-order valence-corrected chi connectivity index (χ0v) is 11.9. The highest BCUT2D eigenvalue weighted by atomic mass is 32.2. The standard InChI is InChI=1S/C14H15FN2O3S/c15-10-3-4-13(21(16,19)20)12(7-10)17-14(18)11-6-8-1-2-9(11)5-8/h1-4,7-9,11H,5-6H2,(H,17,18)(H2,16,19,20). The van der Waals surface area contributed by atoms with Crippen LogP contribution in [0.5, 0.6) is 0 Å². The molecule has 0 spiro atoms. The molecule has 112 valence electrons. The van der Waals surface area contributed by atoms with Gasteiger partial charge in [0.15, 0.2) is 0 Å². The van der Waals surface area contributed by atoms with Gasteiger partial charge in [-0.3, -0.25) is 4.79 Å². The molecule has 3 unspecified atom stereocenters. The highest BCUT2D eigenvalue weighted by molar-refractivity contribution is 7.89. The molecule has 2 bridgehead atoms. The van der Waals surface area contributed by atoms with E-state index in [2.05, 4.69) is 11.4 Å². The van der Waals surface area contributed by atoms with Gasteiger partial charge in [-0.05, 0) is 42.9 Å². The number of nitrogens with one attached hydrogen (secondary N) is 1. The highest BCUT2D eigenvalue weighted by Crippen LogP contribution is 2.43. The second-order valence-corrected chi connectivity index (χ2v) is 7.09. The monoisotopic (exact) mass is 310 g/mol. The van der Waals surface area contributed by atoms with Crippen LogP contribution in [0.1, 0.15) is 12.8 Å². The van der Waals surface area contributed by atoms with Crippen LogP contribution in [0.4, 0.5) is 10.1 Å². The van der Waals surface area contributed by atoms with Gasteiger partial charge in [0.25, 0.3) is 0 Å². The minimum atomic E-state index is -4.03. The predicted octanol–water partition coefficient (Wildman–Crippen LogP) is 1.62. The Labute approximate surface area is 122 Å². The third-order valence-electron chi connectivity index (χ3n) is 4.12. The van der Waals surface area contributed by atoms with Gasteiger partial charge in [0.2, 0.25) is 15.9 Å². The quantitative estimate of drug-likeness (QED) is 0.831. The molecule has 1 amide bonds. The molecule has 1 saturated carbocycles. The van der Waals surface area contributed by atoms with Gasteiger partial charge in [-0.25, -0.2) is 17.9 Å². The summed E-state index contributed by atoms with van der Waals surface area (Å²) in [6.45, 7) is 0. The molecule has 0 aromatic heterocycles. The van der Waals surface area contributed by atoms with E-state index in [1.807, 2.05) is 6.08 Å². The SMILES string of the molecule is NS(=O)(=O)c1ccc(F)cc1NC(=O)C1CC2C=CC1C2. The van der Waals surface area contributed by atoms with Gasteiger partial charge in [0.1, 0.15) is 10.7 Å². The van der Waals surface area contributed by atoms with Gasteiger partial charge < -0.3 is 5.32 Å². The topological polar surface area (TPSA) is 89.3 Å². The van der Waals surface area contributed by atoms with E-state index in [0.29, 0.717) is 5.92 Å². The minimum Gasteiger partial charge on any atom is -0.325 e. The van der Waals surface area contributed by atoms with Gasteiger partial charge in [0.05, 0.1) is 5.69 Å². The Morgan fingerprint density at radius 2 is 2.05 bits per heavy atom. The largest absolute Gasteiger partial charge is 0.325 e. The Kier molecular flexibility index (Phi) is 3.33.